The highest BCUT2D eigenvalue weighted by molar-refractivity contribution is 5.59. The molecular weight excluding hydrogens is 226 g/mol. The first-order valence-electron chi connectivity index (χ1n) is 6.61. The molecule has 1 aliphatic rings. The van der Waals surface area contributed by atoms with Gasteiger partial charge in [0.2, 0.25) is 0 Å². The molecule has 1 aliphatic heterocycles. The molecule has 3 rings (SSSR count). The SMILES string of the molecule is CC.Cc1cnn2c(N)cc(N3CCCC3)nc12. The van der Waals surface area contributed by atoms with E-state index in [4.69, 9.17) is 5.73 Å². The van der Waals surface area contributed by atoms with E-state index < -0.39 is 0 Å². The van der Waals surface area contributed by atoms with Crippen molar-refractivity contribution in [2.24, 2.45) is 0 Å². The Morgan fingerprint density at radius 3 is 2.56 bits per heavy atom. The summed E-state index contributed by atoms with van der Waals surface area (Å²) in [6, 6.07) is 1.91. The molecule has 0 aromatic carbocycles. The Kier molecular flexibility index (Phi) is 3.69. The molecule has 0 radical (unpaired) electrons. The predicted molar refractivity (Wildman–Crippen MR) is 74.9 cm³/mol. The molecule has 0 bridgehead atoms. The van der Waals surface area contributed by atoms with E-state index in [9.17, 15) is 0 Å². The first-order chi connectivity index (χ1) is 8.75. The molecule has 1 fully saturated rings. The Morgan fingerprint density at radius 2 is 1.89 bits per heavy atom. The van der Waals surface area contributed by atoms with Gasteiger partial charge in [0, 0.05) is 24.7 Å². The summed E-state index contributed by atoms with van der Waals surface area (Å²) < 4.78 is 1.69. The van der Waals surface area contributed by atoms with Gasteiger partial charge >= 0.3 is 0 Å². The van der Waals surface area contributed by atoms with E-state index in [0.717, 1.165) is 30.1 Å². The van der Waals surface area contributed by atoms with Gasteiger partial charge in [0.1, 0.15) is 11.6 Å². The summed E-state index contributed by atoms with van der Waals surface area (Å²) in [6.45, 7) is 8.16. The van der Waals surface area contributed by atoms with Crippen LogP contribution in [0.25, 0.3) is 5.65 Å². The maximum absolute atomic E-state index is 5.97. The third-order valence-corrected chi connectivity index (χ3v) is 3.09. The van der Waals surface area contributed by atoms with E-state index in [0.29, 0.717) is 5.82 Å². The lowest BCUT2D eigenvalue weighted by Gasteiger charge is -2.16. The third kappa shape index (κ3) is 2.12. The molecule has 98 valence electrons. The molecule has 0 saturated carbocycles. The van der Waals surface area contributed by atoms with Gasteiger partial charge in [-0.3, -0.25) is 0 Å². The molecule has 0 spiro atoms. The van der Waals surface area contributed by atoms with Crippen molar-refractivity contribution in [3.05, 3.63) is 17.8 Å². The highest BCUT2D eigenvalue weighted by Gasteiger charge is 2.16. The van der Waals surface area contributed by atoms with Crippen LogP contribution in [-0.4, -0.2) is 27.7 Å². The van der Waals surface area contributed by atoms with Gasteiger partial charge in [0.25, 0.3) is 0 Å². The average molecular weight is 247 g/mol. The molecule has 2 aromatic heterocycles. The zero-order valence-electron chi connectivity index (χ0n) is 11.3. The monoisotopic (exact) mass is 247 g/mol. The van der Waals surface area contributed by atoms with Crippen molar-refractivity contribution in [1.29, 1.82) is 0 Å². The molecule has 2 aromatic rings. The molecule has 0 atom stereocenters. The fourth-order valence-electron chi connectivity index (χ4n) is 2.19. The van der Waals surface area contributed by atoms with E-state index in [1.54, 1.807) is 10.7 Å². The number of nitrogen functional groups attached to an aromatic ring is 1. The van der Waals surface area contributed by atoms with Gasteiger partial charge in [0.15, 0.2) is 5.65 Å². The van der Waals surface area contributed by atoms with E-state index in [1.165, 1.54) is 12.8 Å². The van der Waals surface area contributed by atoms with Crippen LogP contribution in [0, 0.1) is 6.92 Å². The molecule has 5 nitrogen and oxygen atoms in total. The van der Waals surface area contributed by atoms with Gasteiger partial charge in [-0.1, -0.05) is 13.8 Å². The number of hydrogen-bond donors (Lipinski definition) is 1. The standard InChI is InChI=1S/C11H15N5.C2H6/c1-8-7-13-16-9(12)6-10(14-11(8)16)15-4-2-3-5-15;1-2/h6-7H,2-5,12H2,1H3;1-2H3. The summed E-state index contributed by atoms with van der Waals surface area (Å²) >= 11 is 0. The minimum absolute atomic E-state index is 0.653. The molecule has 0 amide bonds. The van der Waals surface area contributed by atoms with Gasteiger partial charge < -0.3 is 10.6 Å². The Labute approximate surface area is 108 Å². The van der Waals surface area contributed by atoms with Crippen LogP contribution in [0.5, 0.6) is 0 Å². The van der Waals surface area contributed by atoms with Crippen molar-refractivity contribution in [2.75, 3.05) is 23.7 Å². The van der Waals surface area contributed by atoms with Gasteiger partial charge in [-0.2, -0.15) is 9.61 Å². The lowest BCUT2D eigenvalue weighted by atomic mass is 10.4. The molecule has 18 heavy (non-hydrogen) atoms. The predicted octanol–water partition coefficient (Wildman–Crippen LogP) is 2.25. The molecule has 2 N–H and O–H groups in total. The van der Waals surface area contributed by atoms with Gasteiger partial charge in [-0.05, 0) is 19.8 Å². The van der Waals surface area contributed by atoms with E-state index in [-0.39, 0.29) is 0 Å². The topological polar surface area (TPSA) is 59.5 Å². The Bertz CT molecular complexity index is 525. The quantitative estimate of drug-likeness (QED) is 0.839. The summed E-state index contributed by atoms with van der Waals surface area (Å²) in [4.78, 5) is 6.90. The van der Waals surface area contributed by atoms with Crippen LogP contribution in [0.1, 0.15) is 32.3 Å². The molecular formula is C13H21N5. The number of aryl methyl sites for hydroxylation is 1. The smallest absolute Gasteiger partial charge is 0.162 e. The molecule has 5 heteroatoms. The molecule has 0 aliphatic carbocycles. The minimum Gasteiger partial charge on any atom is -0.383 e. The van der Waals surface area contributed by atoms with Crippen LogP contribution in [0.3, 0.4) is 0 Å². The summed E-state index contributed by atoms with van der Waals surface area (Å²) in [5, 5.41) is 4.20. The molecule has 0 unspecified atom stereocenters. The zero-order chi connectivity index (χ0) is 13.1. The first-order valence-corrected chi connectivity index (χ1v) is 6.61. The summed E-state index contributed by atoms with van der Waals surface area (Å²) in [7, 11) is 0. The van der Waals surface area contributed by atoms with Gasteiger partial charge in [-0.25, -0.2) is 4.98 Å². The van der Waals surface area contributed by atoms with Crippen molar-refractivity contribution < 1.29 is 0 Å². The number of aromatic nitrogens is 3. The largest absolute Gasteiger partial charge is 0.383 e. The van der Waals surface area contributed by atoms with Gasteiger partial charge in [0.05, 0.1) is 6.20 Å². The second-order valence-electron chi connectivity index (χ2n) is 4.30. The van der Waals surface area contributed by atoms with Crippen LogP contribution in [0.4, 0.5) is 11.6 Å². The normalized spacial score (nSPS) is 14.7. The van der Waals surface area contributed by atoms with Gasteiger partial charge in [-0.15, -0.1) is 0 Å². The summed E-state index contributed by atoms with van der Waals surface area (Å²) in [5.74, 6) is 1.63. The van der Waals surface area contributed by atoms with E-state index in [1.807, 2.05) is 26.8 Å². The Balaban J connectivity index is 0.000000574. The summed E-state index contributed by atoms with van der Waals surface area (Å²) in [6.07, 6.45) is 4.28. The van der Waals surface area contributed by atoms with Crippen molar-refractivity contribution in [1.82, 2.24) is 14.6 Å². The van der Waals surface area contributed by atoms with Crippen LogP contribution in [0.2, 0.25) is 0 Å². The number of hydrogen-bond acceptors (Lipinski definition) is 4. The van der Waals surface area contributed by atoms with Crippen LogP contribution >= 0.6 is 0 Å². The average Bonchev–Trinajstić information content (AvgIpc) is 3.02. The number of fused-ring (bicyclic) bond motifs is 1. The van der Waals surface area contributed by atoms with Crippen molar-refractivity contribution >= 4 is 17.3 Å². The second-order valence-corrected chi connectivity index (χ2v) is 4.30. The van der Waals surface area contributed by atoms with E-state index >= 15 is 0 Å². The van der Waals surface area contributed by atoms with Crippen molar-refractivity contribution in [3.63, 3.8) is 0 Å². The van der Waals surface area contributed by atoms with E-state index in [2.05, 4.69) is 15.0 Å². The number of nitrogens with two attached hydrogens (primary N) is 1. The number of rotatable bonds is 1. The first kappa shape index (κ1) is 12.7. The van der Waals surface area contributed by atoms with Crippen molar-refractivity contribution in [3.8, 4) is 0 Å². The molecule has 1 saturated heterocycles. The second kappa shape index (κ2) is 5.25. The zero-order valence-corrected chi connectivity index (χ0v) is 11.3. The maximum Gasteiger partial charge on any atom is 0.162 e. The van der Waals surface area contributed by atoms with Crippen molar-refractivity contribution in [2.45, 2.75) is 33.6 Å². The highest BCUT2D eigenvalue weighted by atomic mass is 15.3. The highest BCUT2D eigenvalue weighted by Crippen LogP contribution is 2.22. The van der Waals surface area contributed by atoms with Crippen LogP contribution in [0.15, 0.2) is 12.3 Å². The maximum atomic E-state index is 5.97. The van der Waals surface area contributed by atoms with Crippen LogP contribution < -0.4 is 10.6 Å². The molecule has 3 heterocycles. The fourth-order valence-corrected chi connectivity index (χ4v) is 2.19. The Morgan fingerprint density at radius 1 is 1.22 bits per heavy atom. The fraction of sp³-hybridized carbons (Fsp3) is 0.538. The minimum atomic E-state index is 0.653. The Hall–Kier alpha value is -1.78. The number of nitrogens with zero attached hydrogens (tertiary/aromatic N) is 4. The van der Waals surface area contributed by atoms with Crippen LogP contribution in [-0.2, 0) is 0 Å². The summed E-state index contributed by atoms with van der Waals surface area (Å²) in [5.41, 5.74) is 7.90. The lowest BCUT2D eigenvalue weighted by Crippen LogP contribution is -2.20. The third-order valence-electron chi connectivity index (χ3n) is 3.09. The lowest BCUT2D eigenvalue weighted by molar-refractivity contribution is 0.906. The number of anilines is 2.